The van der Waals surface area contributed by atoms with Gasteiger partial charge in [-0.1, -0.05) is 46.8 Å². The second-order valence-electron chi connectivity index (χ2n) is 3.81. The lowest BCUT2D eigenvalue weighted by atomic mass is 10.2. The van der Waals surface area contributed by atoms with Crippen LogP contribution < -0.4 is 4.89 Å². The lowest BCUT2D eigenvalue weighted by molar-refractivity contribution is 0.0795. The number of sulfonamides is 1. The summed E-state index contributed by atoms with van der Waals surface area (Å²) in [6, 6.07) is 15.1. The van der Waals surface area contributed by atoms with Crippen molar-refractivity contribution in [1.29, 1.82) is 0 Å². The van der Waals surface area contributed by atoms with E-state index in [9.17, 15) is 8.42 Å². The Morgan fingerprint density at radius 1 is 1.00 bits per heavy atom. The first kappa shape index (κ1) is 14.0. The van der Waals surface area contributed by atoms with E-state index in [4.69, 9.17) is 16.4 Å². The van der Waals surface area contributed by atoms with Gasteiger partial charge in [-0.25, -0.2) is 8.42 Å². The average Bonchev–Trinajstić information content (AvgIpc) is 2.40. The molecule has 0 aliphatic heterocycles. The van der Waals surface area contributed by atoms with Gasteiger partial charge in [0.25, 0.3) is 10.0 Å². The van der Waals surface area contributed by atoms with E-state index in [1.807, 2.05) is 30.3 Å². The van der Waals surface area contributed by atoms with Crippen molar-refractivity contribution in [3.63, 3.8) is 0 Å². The molecular formula is C13H12ClNO3S. The zero-order chi connectivity index (χ0) is 13.7. The van der Waals surface area contributed by atoms with Crippen LogP contribution in [0.25, 0.3) is 0 Å². The van der Waals surface area contributed by atoms with E-state index in [-0.39, 0.29) is 11.5 Å². The Morgan fingerprint density at radius 3 is 2.26 bits per heavy atom. The highest BCUT2D eigenvalue weighted by molar-refractivity contribution is 7.89. The molecule has 2 aromatic carbocycles. The van der Waals surface area contributed by atoms with Crippen molar-refractivity contribution in [3.05, 3.63) is 65.2 Å². The molecule has 4 nitrogen and oxygen atoms in total. The maximum atomic E-state index is 11.9. The predicted octanol–water partition coefficient (Wildman–Crippen LogP) is 2.75. The fraction of sp³-hybridized carbons (Fsp3) is 0.0769. The Morgan fingerprint density at radius 2 is 1.63 bits per heavy atom. The summed E-state index contributed by atoms with van der Waals surface area (Å²) in [7, 11) is -3.68. The van der Waals surface area contributed by atoms with Gasteiger partial charge in [0.1, 0.15) is 0 Å². The third kappa shape index (κ3) is 4.04. The third-order valence-corrected chi connectivity index (χ3v) is 3.86. The molecule has 1 N–H and O–H groups in total. The number of benzene rings is 2. The summed E-state index contributed by atoms with van der Waals surface area (Å²) in [5, 5.41) is 0.476. The molecule has 2 rings (SSSR count). The highest BCUT2D eigenvalue weighted by Crippen LogP contribution is 2.13. The zero-order valence-electron chi connectivity index (χ0n) is 9.91. The fourth-order valence-electron chi connectivity index (χ4n) is 1.43. The standard InChI is InChI=1S/C13H12ClNO3S/c14-12-6-8-13(9-7-12)19(16,17)15-18-10-11-4-2-1-3-5-11/h1-9,15H,10H2. The van der Waals surface area contributed by atoms with Gasteiger partial charge in [0, 0.05) is 5.02 Å². The number of halogens is 1. The molecule has 0 saturated heterocycles. The summed E-state index contributed by atoms with van der Waals surface area (Å²) in [6.07, 6.45) is 0. The maximum Gasteiger partial charge on any atom is 0.262 e. The molecule has 0 unspecified atom stereocenters. The van der Waals surface area contributed by atoms with E-state index in [1.54, 1.807) is 0 Å². The van der Waals surface area contributed by atoms with Crippen LogP contribution in [-0.2, 0) is 21.5 Å². The highest BCUT2D eigenvalue weighted by atomic mass is 35.5. The van der Waals surface area contributed by atoms with E-state index in [0.29, 0.717) is 5.02 Å². The first-order chi connectivity index (χ1) is 9.08. The highest BCUT2D eigenvalue weighted by Gasteiger charge is 2.13. The minimum Gasteiger partial charge on any atom is -0.282 e. The minimum atomic E-state index is -3.68. The Labute approximate surface area is 117 Å². The Balaban J connectivity index is 1.97. The first-order valence-electron chi connectivity index (χ1n) is 5.51. The van der Waals surface area contributed by atoms with Gasteiger partial charge in [-0.3, -0.25) is 4.84 Å². The molecular weight excluding hydrogens is 286 g/mol. The summed E-state index contributed by atoms with van der Waals surface area (Å²) in [6.45, 7) is 0.160. The number of rotatable bonds is 5. The molecule has 0 bridgehead atoms. The van der Waals surface area contributed by atoms with Crippen molar-refractivity contribution >= 4 is 21.6 Å². The largest absolute Gasteiger partial charge is 0.282 e. The molecule has 0 amide bonds. The van der Waals surface area contributed by atoms with Gasteiger partial charge in [0.15, 0.2) is 0 Å². The SMILES string of the molecule is O=S(=O)(NOCc1ccccc1)c1ccc(Cl)cc1. The van der Waals surface area contributed by atoms with Crippen molar-refractivity contribution in [2.75, 3.05) is 0 Å². The van der Waals surface area contributed by atoms with Crippen molar-refractivity contribution in [2.45, 2.75) is 11.5 Å². The predicted molar refractivity (Wildman–Crippen MR) is 73.0 cm³/mol. The van der Waals surface area contributed by atoms with Gasteiger partial charge >= 0.3 is 0 Å². The minimum absolute atomic E-state index is 0.102. The summed E-state index contributed by atoms with van der Waals surface area (Å²) in [5.74, 6) is 0. The summed E-state index contributed by atoms with van der Waals surface area (Å²) in [5.41, 5.74) is 0.876. The zero-order valence-corrected chi connectivity index (χ0v) is 11.5. The summed E-state index contributed by atoms with van der Waals surface area (Å²) in [4.78, 5) is 7.17. The van der Waals surface area contributed by atoms with Gasteiger partial charge in [-0.05, 0) is 29.8 Å². The van der Waals surface area contributed by atoms with Crippen LogP contribution in [0.5, 0.6) is 0 Å². The maximum absolute atomic E-state index is 11.9. The van der Waals surface area contributed by atoms with E-state index < -0.39 is 10.0 Å². The van der Waals surface area contributed by atoms with Crippen LogP contribution in [0.1, 0.15) is 5.56 Å². The molecule has 0 radical (unpaired) electrons. The average molecular weight is 298 g/mol. The second-order valence-corrected chi connectivity index (χ2v) is 5.90. The Bertz CT molecular complexity index is 627. The van der Waals surface area contributed by atoms with Crippen LogP contribution in [0.3, 0.4) is 0 Å². The van der Waals surface area contributed by atoms with Crippen LogP contribution in [0, 0.1) is 0 Å². The van der Waals surface area contributed by atoms with Crippen LogP contribution in [0.15, 0.2) is 59.5 Å². The molecule has 0 atom stereocenters. The topological polar surface area (TPSA) is 55.4 Å². The molecule has 6 heteroatoms. The molecule has 2 aromatic rings. The van der Waals surface area contributed by atoms with Gasteiger partial charge in [0.05, 0.1) is 11.5 Å². The molecule has 0 saturated carbocycles. The van der Waals surface area contributed by atoms with Gasteiger partial charge in [-0.2, -0.15) is 0 Å². The normalized spacial score (nSPS) is 11.4. The molecule has 0 aliphatic carbocycles. The number of hydrogen-bond acceptors (Lipinski definition) is 3. The lowest BCUT2D eigenvalue weighted by Crippen LogP contribution is -2.23. The van der Waals surface area contributed by atoms with E-state index in [1.165, 1.54) is 24.3 Å². The Hall–Kier alpha value is -1.40. The van der Waals surface area contributed by atoms with Crippen molar-refractivity contribution in [2.24, 2.45) is 0 Å². The molecule has 0 aromatic heterocycles. The van der Waals surface area contributed by atoms with Crippen LogP contribution in [0.4, 0.5) is 0 Å². The molecule has 0 aliphatic rings. The first-order valence-corrected chi connectivity index (χ1v) is 7.37. The van der Waals surface area contributed by atoms with Crippen molar-refractivity contribution in [1.82, 2.24) is 4.89 Å². The second kappa shape index (κ2) is 6.16. The van der Waals surface area contributed by atoms with Crippen LogP contribution in [-0.4, -0.2) is 8.42 Å². The molecule has 0 heterocycles. The number of nitrogens with one attached hydrogen (secondary N) is 1. The molecule has 0 fully saturated rings. The van der Waals surface area contributed by atoms with Crippen molar-refractivity contribution in [3.8, 4) is 0 Å². The van der Waals surface area contributed by atoms with E-state index in [0.717, 1.165) is 5.56 Å². The van der Waals surface area contributed by atoms with Gasteiger partial charge < -0.3 is 0 Å². The Kier molecular flexibility index (Phi) is 4.55. The fourth-order valence-corrected chi connectivity index (χ4v) is 2.36. The number of hydrogen-bond donors (Lipinski definition) is 1. The summed E-state index contributed by atoms with van der Waals surface area (Å²) >= 11 is 5.70. The lowest BCUT2D eigenvalue weighted by Gasteiger charge is -2.07. The summed E-state index contributed by atoms with van der Waals surface area (Å²) < 4.78 is 23.7. The smallest absolute Gasteiger partial charge is 0.262 e. The van der Waals surface area contributed by atoms with Gasteiger partial charge in [0.2, 0.25) is 0 Å². The molecule has 0 spiro atoms. The van der Waals surface area contributed by atoms with Gasteiger partial charge in [-0.15, -0.1) is 0 Å². The third-order valence-electron chi connectivity index (χ3n) is 2.37. The monoisotopic (exact) mass is 297 g/mol. The van der Waals surface area contributed by atoms with E-state index >= 15 is 0 Å². The van der Waals surface area contributed by atoms with Crippen LogP contribution in [0.2, 0.25) is 5.02 Å². The van der Waals surface area contributed by atoms with Crippen molar-refractivity contribution < 1.29 is 13.3 Å². The van der Waals surface area contributed by atoms with Crippen LogP contribution >= 0.6 is 11.6 Å². The molecule has 19 heavy (non-hydrogen) atoms. The quantitative estimate of drug-likeness (QED) is 0.863. The van der Waals surface area contributed by atoms with E-state index in [2.05, 4.69) is 4.89 Å². The molecule has 100 valence electrons.